The van der Waals surface area contributed by atoms with Crippen molar-refractivity contribution in [2.24, 2.45) is 5.10 Å². The van der Waals surface area contributed by atoms with Crippen molar-refractivity contribution in [3.8, 4) is 11.4 Å². The molecule has 0 spiro atoms. The van der Waals surface area contributed by atoms with E-state index in [-0.39, 0.29) is 5.91 Å². The molecule has 0 fully saturated rings. The molecular weight excluding hydrogens is 434 g/mol. The first-order valence-corrected chi connectivity index (χ1v) is 11.6. The third-order valence-corrected chi connectivity index (χ3v) is 6.32. The van der Waals surface area contributed by atoms with Gasteiger partial charge in [0.1, 0.15) is 0 Å². The standard InChI is InChI=1S/C29H27N5O/c1-19-10-11-20(2)33(19)26-9-5-7-24(17-26)29(35)32-31-18-25-15-21(3)34(22(25)4)27-12-13-28-23(16-27)8-6-14-30-28/h5-18H,1-4H3,(H,32,35)/b31-18-. The fourth-order valence-corrected chi connectivity index (χ4v) is 4.60. The number of rotatable bonds is 5. The summed E-state index contributed by atoms with van der Waals surface area (Å²) in [6.07, 6.45) is 3.50. The minimum atomic E-state index is -0.249. The molecule has 0 aliphatic rings. The minimum Gasteiger partial charge on any atom is -0.318 e. The summed E-state index contributed by atoms with van der Waals surface area (Å²) in [5.41, 5.74) is 11.5. The van der Waals surface area contributed by atoms with Crippen LogP contribution in [0, 0.1) is 27.7 Å². The van der Waals surface area contributed by atoms with Gasteiger partial charge in [-0.15, -0.1) is 0 Å². The van der Waals surface area contributed by atoms with Gasteiger partial charge in [0.15, 0.2) is 0 Å². The SMILES string of the molecule is Cc1ccc(C)n1-c1cccc(C(=O)N/N=C\c2cc(C)n(-c3ccc4ncccc4c3)c2C)c1. The number of nitrogens with one attached hydrogen (secondary N) is 1. The van der Waals surface area contributed by atoms with Crippen LogP contribution in [0.25, 0.3) is 22.3 Å². The third-order valence-electron chi connectivity index (χ3n) is 6.32. The number of hydrogen-bond donors (Lipinski definition) is 1. The van der Waals surface area contributed by atoms with Gasteiger partial charge in [-0.1, -0.05) is 12.1 Å². The smallest absolute Gasteiger partial charge is 0.271 e. The van der Waals surface area contributed by atoms with Gasteiger partial charge in [-0.3, -0.25) is 9.78 Å². The third kappa shape index (κ3) is 4.26. The van der Waals surface area contributed by atoms with Crippen LogP contribution in [0.2, 0.25) is 0 Å². The molecule has 5 rings (SSSR count). The molecule has 1 N–H and O–H groups in total. The van der Waals surface area contributed by atoms with Crippen LogP contribution in [0.3, 0.4) is 0 Å². The second-order valence-electron chi connectivity index (χ2n) is 8.74. The summed E-state index contributed by atoms with van der Waals surface area (Å²) in [7, 11) is 0. The number of carbonyl (C=O) groups excluding carboxylic acids is 1. The highest BCUT2D eigenvalue weighted by Crippen LogP contribution is 2.23. The summed E-state index contributed by atoms with van der Waals surface area (Å²) in [5, 5.41) is 5.34. The number of fused-ring (bicyclic) bond motifs is 1. The Morgan fingerprint density at radius 3 is 2.40 bits per heavy atom. The molecule has 1 amide bonds. The van der Waals surface area contributed by atoms with E-state index in [1.807, 2.05) is 30.3 Å². The molecule has 6 nitrogen and oxygen atoms in total. The van der Waals surface area contributed by atoms with Crippen LogP contribution in [-0.2, 0) is 0 Å². The Kier molecular flexibility index (Phi) is 5.79. The summed E-state index contributed by atoms with van der Waals surface area (Å²) < 4.78 is 4.30. The lowest BCUT2D eigenvalue weighted by molar-refractivity contribution is 0.0955. The van der Waals surface area contributed by atoms with Gasteiger partial charge in [0, 0.05) is 56.9 Å². The molecule has 0 saturated carbocycles. The second kappa shape index (κ2) is 9.06. The molecule has 35 heavy (non-hydrogen) atoms. The Morgan fingerprint density at radius 2 is 1.60 bits per heavy atom. The second-order valence-corrected chi connectivity index (χ2v) is 8.74. The minimum absolute atomic E-state index is 0.249. The van der Waals surface area contributed by atoms with Crippen LogP contribution in [0.15, 0.2) is 84.1 Å². The van der Waals surface area contributed by atoms with E-state index >= 15 is 0 Å². The van der Waals surface area contributed by atoms with E-state index in [9.17, 15) is 4.79 Å². The fraction of sp³-hybridized carbons (Fsp3) is 0.138. The molecule has 0 bridgehead atoms. The first-order chi connectivity index (χ1) is 16.9. The maximum absolute atomic E-state index is 12.8. The average molecular weight is 462 g/mol. The average Bonchev–Trinajstić information content (AvgIpc) is 3.35. The van der Waals surface area contributed by atoms with Crippen LogP contribution >= 0.6 is 0 Å². The van der Waals surface area contributed by atoms with Crippen LogP contribution in [0.4, 0.5) is 0 Å². The Labute approximate surface area is 204 Å². The Bertz CT molecular complexity index is 1570. The van der Waals surface area contributed by atoms with Gasteiger partial charge in [-0.2, -0.15) is 5.10 Å². The van der Waals surface area contributed by atoms with Crippen molar-refractivity contribution < 1.29 is 4.79 Å². The van der Waals surface area contributed by atoms with Gasteiger partial charge in [0.25, 0.3) is 5.91 Å². The van der Waals surface area contributed by atoms with Gasteiger partial charge in [-0.05, 0) is 88.4 Å². The number of aromatic nitrogens is 3. The quantitative estimate of drug-likeness (QED) is 0.265. The highest BCUT2D eigenvalue weighted by Gasteiger charge is 2.11. The molecule has 3 heterocycles. The largest absolute Gasteiger partial charge is 0.318 e. The summed E-state index contributed by atoms with van der Waals surface area (Å²) in [6, 6.07) is 24.0. The Balaban J connectivity index is 1.36. The Morgan fingerprint density at radius 1 is 0.829 bits per heavy atom. The van der Waals surface area contributed by atoms with E-state index in [4.69, 9.17) is 0 Å². The Hall–Kier alpha value is -4.45. The summed E-state index contributed by atoms with van der Waals surface area (Å²) in [4.78, 5) is 17.2. The van der Waals surface area contributed by atoms with Crippen molar-refractivity contribution in [2.75, 3.05) is 0 Å². The maximum Gasteiger partial charge on any atom is 0.271 e. The van der Waals surface area contributed by atoms with Gasteiger partial charge in [0.05, 0.1) is 11.7 Å². The van der Waals surface area contributed by atoms with Gasteiger partial charge < -0.3 is 9.13 Å². The lowest BCUT2D eigenvalue weighted by atomic mass is 10.2. The number of pyridine rings is 1. The predicted molar refractivity (Wildman–Crippen MR) is 141 cm³/mol. The molecular formula is C29H27N5O. The van der Waals surface area contributed by atoms with E-state index < -0.39 is 0 Å². The zero-order valence-corrected chi connectivity index (χ0v) is 20.3. The van der Waals surface area contributed by atoms with E-state index in [0.717, 1.165) is 50.6 Å². The molecule has 2 aromatic carbocycles. The predicted octanol–water partition coefficient (Wildman–Crippen LogP) is 5.81. The number of amides is 1. The summed E-state index contributed by atoms with van der Waals surface area (Å²) in [6.45, 7) is 8.21. The van der Waals surface area contributed by atoms with Crippen molar-refractivity contribution in [1.82, 2.24) is 19.5 Å². The molecule has 6 heteroatoms. The normalized spacial score (nSPS) is 11.4. The maximum atomic E-state index is 12.8. The number of hydrogen-bond acceptors (Lipinski definition) is 3. The molecule has 174 valence electrons. The van der Waals surface area contributed by atoms with Crippen molar-refractivity contribution in [3.63, 3.8) is 0 Å². The molecule has 0 atom stereocenters. The molecule has 0 unspecified atom stereocenters. The molecule has 3 aromatic heterocycles. The van der Waals surface area contributed by atoms with Crippen molar-refractivity contribution in [2.45, 2.75) is 27.7 Å². The molecule has 0 saturated heterocycles. The van der Waals surface area contributed by atoms with E-state index in [2.05, 4.69) is 88.7 Å². The van der Waals surface area contributed by atoms with Crippen LogP contribution in [0.5, 0.6) is 0 Å². The first-order valence-electron chi connectivity index (χ1n) is 11.6. The first kappa shape index (κ1) is 22.3. The van der Waals surface area contributed by atoms with E-state index in [1.54, 1.807) is 18.5 Å². The number of hydrazone groups is 1. The van der Waals surface area contributed by atoms with Crippen LogP contribution in [0.1, 0.15) is 38.7 Å². The highest BCUT2D eigenvalue weighted by molar-refractivity contribution is 5.95. The lowest BCUT2D eigenvalue weighted by Crippen LogP contribution is -2.18. The van der Waals surface area contributed by atoms with Gasteiger partial charge in [0.2, 0.25) is 0 Å². The number of nitrogens with zero attached hydrogens (tertiary/aromatic N) is 4. The monoisotopic (exact) mass is 461 g/mol. The van der Waals surface area contributed by atoms with Gasteiger partial charge >= 0.3 is 0 Å². The molecule has 5 aromatic rings. The highest BCUT2D eigenvalue weighted by atomic mass is 16.2. The number of benzene rings is 2. The van der Waals surface area contributed by atoms with Gasteiger partial charge in [-0.25, -0.2) is 5.43 Å². The number of carbonyl (C=O) groups is 1. The molecule has 0 aliphatic carbocycles. The zero-order valence-electron chi connectivity index (χ0n) is 20.3. The number of aryl methyl sites for hydroxylation is 3. The van der Waals surface area contributed by atoms with E-state index in [0.29, 0.717) is 5.56 Å². The van der Waals surface area contributed by atoms with Crippen LogP contribution in [-0.4, -0.2) is 26.2 Å². The zero-order chi connectivity index (χ0) is 24.5. The molecule has 0 aliphatic heterocycles. The fourth-order valence-electron chi connectivity index (χ4n) is 4.60. The van der Waals surface area contributed by atoms with Crippen molar-refractivity contribution >= 4 is 23.0 Å². The molecule has 0 radical (unpaired) electrons. The van der Waals surface area contributed by atoms with Crippen molar-refractivity contribution in [1.29, 1.82) is 0 Å². The lowest BCUT2D eigenvalue weighted by Gasteiger charge is -2.11. The topological polar surface area (TPSA) is 64.2 Å². The van der Waals surface area contributed by atoms with E-state index in [1.165, 1.54) is 0 Å². The summed E-state index contributed by atoms with van der Waals surface area (Å²) >= 11 is 0. The van der Waals surface area contributed by atoms with Crippen molar-refractivity contribution in [3.05, 3.63) is 113 Å². The summed E-state index contributed by atoms with van der Waals surface area (Å²) in [5.74, 6) is -0.249. The van der Waals surface area contributed by atoms with Crippen LogP contribution < -0.4 is 5.43 Å².